The van der Waals surface area contributed by atoms with Crippen LogP contribution in [0.1, 0.15) is 23.9 Å². The summed E-state index contributed by atoms with van der Waals surface area (Å²) in [6, 6.07) is -0.414. The highest BCUT2D eigenvalue weighted by Crippen LogP contribution is 2.29. The fraction of sp³-hybridized carbons (Fsp3) is 0.529. The van der Waals surface area contributed by atoms with Gasteiger partial charge in [-0.2, -0.15) is 10.1 Å². The largest absolute Gasteiger partial charge is 0.479 e. The Kier molecular flexibility index (Phi) is 6.01. The van der Waals surface area contributed by atoms with E-state index in [0.717, 1.165) is 17.0 Å². The fourth-order valence-corrected chi connectivity index (χ4v) is 2.81. The lowest BCUT2D eigenvalue weighted by molar-refractivity contribution is 0.249. The molecule has 0 aliphatic heterocycles. The Balaban J connectivity index is 2.09. The molecule has 0 aromatic carbocycles. The van der Waals surface area contributed by atoms with Crippen LogP contribution in [0.5, 0.6) is 5.88 Å². The first kappa shape index (κ1) is 19.5. The van der Waals surface area contributed by atoms with Crippen molar-refractivity contribution in [1.82, 2.24) is 25.1 Å². The second kappa shape index (κ2) is 8.03. The van der Waals surface area contributed by atoms with Gasteiger partial charge in [-0.1, -0.05) is 0 Å². The van der Waals surface area contributed by atoms with Crippen LogP contribution < -0.4 is 20.3 Å². The molecule has 2 amide bonds. The predicted molar refractivity (Wildman–Crippen MR) is 101 cm³/mol. The summed E-state index contributed by atoms with van der Waals surface area (Å²) in [6.07, 6.45) is 2.09. The zero-order valence-corrected chi connectivity index (χ0v) is 16.4. The number of hydrogen-bond donors (Lipinski definition) is 2. The Labute approximate surface area is 153 Å². The molecule has 0 saturated carbocycles. The predicted octanol–water partition coefficient (Wildman–Crippen LogP) is 1.65. The lowest BCUT2D eigenvalue weighted by Crippen LogP contribution is -2.38. The molecule has 0 aliphatic carbocycles. The molecular formula is C17H27N7O2. The van der Waals surface area contributed by atoms with Gasteiger partial charge in [-0.05, 0) is 32.8 Å². The molecule has 0 aliphatic rings. The Bertz CT molecular complexity index is 786. The van der Waals surface area contributed by atoms with Crippen LogP contribution in [0.25, 0.3) is 0 Å². The molecule has 9 nitrogen and oxygen atoms in total. The van der Waals surface area contributed by atoms with E-state index in [2.05, 4.69) is 25.7 Å². The number of urea groups is 1. The smallest absolute Gasteiger partial charge is 0.319 e. The second-order valence-electron chi connectivity index (χ2n) is 6.45. The normalized spacial score (nSPS) is 11.8. The molecule has 0 bridgehead atoms. The third kappa shape index (κ3) is 4.22. The summed E-state index contributed by atoms with van der Waals surface area (Å²) < 4.78 is 7.09. The van der Waals surface area contributed by atoms with E-state index in [0.29, 0.717) is 23.8 Å². The van der Waals surface area contributed by atoms with E-state index >= 15 is 0 Å². The van der Waals surface area contributed by atoms with Crippen LogP contribution in [0.4, 0.5) is 16.3 Å². The third-order valence-corrected chi connectivity index (χ3v) is 4.19. The van der Waals surface area contributed by atoms with Crippen molar-refractivity contribution in [2.24, 2.45) is 7.05 Å². The van der Waals surface area contributed by atoms with Crippen molar-refractivity contribution in [3.05, 3.63) is 23.3 Å². The zero-order chi connectivity index (χ0) is 19.4. The summed E-state index contributed by atoms with van der Waals surface area (Å²) in [5, 5.41) is 10.2. The molecule has 26 heavy (non-hydrogen) atoms. The number of anilines is 2. The van der Waals surface area contributed by atoms with E-state index in [9.17, 15) is 4.79 Å². The van der Waals surface area contributed by atoms with Crippen molar-refractivity contribution in [3.8, 4) is 5.88 Å². The molecule has 0 fully saturated rings. The number of rotatable bonds is 6. The van der Waals surface area contributed by atoms with E-state index in [1.54, 1.807) is 4.90 Å². The van der Waals surface area contributed by atoms with Gasteiger partial charge in [0.25, 0.3) is 0 Å². The molecule has 2 N–H and O–H groups in total. The van der Waals surface area contributed by atoms with Gasteiger partial charge < -0.3 is 20.3 Å². The van der Waals surface area contributed by atoms with Gasteiger partial charge >= 0.3 is 6.03 Å². The minimum Gasteiger partial charge on any atom is -0.479 e. The van der Waals surface area contributed by atoms with Crippen LogP contribution in [0.3, 0.4) is 0 Å². The van der Waals surface area contributed by atoms with Crippen molar-refractivity contribution in [2.45, 2.75) is 33.2 Å². The van der Waals surface area contributed by atoms with Gasteiger partial charge in [-0.15, -0.1) is 0 Å². The standard InChI is InChI=1S/C17H27N7O2/c1-10(8-13-11(2)22-24(6)12(13)3)20-17(25)21-14-15(23(4)5)18-9-19-16(14)26-7/h9-10H,8H2,1-7H3,(H2,20,21,25)/t10-/m0/s1. The van der Waals surface area contributed by atoms with Crippen molar-refractivity contribution < 1.29 is 9.53 Å². The van der Waals surface area contributed by atoms with Crippen LogP contribution in [-0.4, -0.2) is 53.0 Å². The summed E-state index contributed by atoms with van der Waals surface area (Å²) in [4.78, 5) is 22.5. The first-order valence-corrected chi connectivity index (χ1v) is 8.37. The third-order valence-electron chi connectivity index (χ3n) is 4.19. The number of aromatic nitrogens is 4. The molecule has 2 heterocycles. The van der Waals surface area contributed by atoms with Gasteiger partial charge in [-0.3, -0.25) is 4.68 Å². The molecule has 1 atom stereocenters. The molecule has 0 unspecified atom stereocenters. The first-order chi connectivity index (χ1) is 12.2. The van der Waals surface area contributed by atoms with Gasteiger partial charge in [0.1, 0.15) is 12.0 Å². The molecule has 2 aromatic heterocycles. The summed E-state index contributed by atoms with van der Waals surface area (Å²) in [7, 11) is 7.09. The van der Waals surface area contributed by atoms with Crippen LogP contribution in [0, 0.1) is 13.8 Å². The minimum atomic E-state index is -0.340. The minimum absolute atomic E-state index is 0.0740. The van der Waals surface area contributed by atoms with Crippen molar-refractivity contribution >= 4 is 17.5 Å². The van der Waals surface area contributed by atoms with Crippen LogP contribution in [0.15, 0.2) is 6.33 Å². The number of methoxy groups -OCH3 is 1. The first-order valence-electron chi connectivity index (χ1n) is 8.37. The van der Waals surface area contributed by atoms with Crippen LogP contribution in [0.2, 0.25) is 0 Å². The average molecular weight is 361 g/mol. The monoisotopic (exact) mass is 361 g/mol. The molecule has 0 radical (unpaired) electrons. The fourth-order valence-electron chi connectivity index (χ4n) is 2.81. The van der Waals surface area contributed by atoms with Gasteiger partial charge in [0.15, 0.2) is 5.82 Å². The second-order valence-corrected chi connectivity index (χ2v) is 6.45. The Morgan fingerprint density at radius 3 is 2.58 bits per heavy atom. The van der Waals surface area contributed by atoms with Gasteiger partial charge in [-0.25, -0.2) is 9.78 Å². The van der Waals surface area contributed by atoms with Gasteiger partial charge in [0, 0.05) is 32.9 Å². The highest BCUT2D eigenvalue weighted by molar-refractivity contribution is 5.94. The molecule has 9 heteroatoms. The van der Waals surface area contributed by atoms with E-state index in [1.807, 2.05) is 46.6 Å². The number of carbonyl (C=O) groups is 1. The SMILES string of the molecule is COc1ncnc(N(C)C)c1NC(=O)N[C@@H](C)Cc1c(C)nn(C)c1C. The number of aryl methyl sites for hydroxylation is 2. The average Bonchev–Trinajstić information content (AvgIpc) is 2.80. The number of amides is 2. The van der Waals surface area contributed by atoms with E-state index in [4.69, 9.17) is 4.74 Å². The summed E-state index contributed by atoms with van der Waals surface area (Å²) in [5.74, 6) is 0.879. The van der Waals surface area contributed by atoms with E-state index in [-0.39, 0.29) is 12.1 Å². The molecule has 2 aromatic rings. The van der Waals surface area contributed by atoms with E-state index in [1.165, 1.54) is 13.4 Å². The topological polar surface area (TPSA) is 97.2 Å². The lowest BCUT2D eigenvalue weighted by Gasteiger charge is -2.19. The molecule has 2 rings (SSSR count). The number of hydrogen-bond acceptors (Lipinski definition) is 6. The van der Waals surface area contributed by atoms with Crippen LogP contribution in [-0.2, 0) is 13.5 Å². The van der Waals surface area contributed by atoms with Crippen molar-refractivity contribution in [3.63, 3.8) is 0 Å². The summed E-state index contributed by atoms with van der Waals surface area (Å²) >= 11 is 0. The number of ether oxygens (including phenoxy) is 1. The Morgan fingerprint density at radius 1 is 1.35 bits per heavy atom. The highest BCUT2D eigenvalue weighted by atomic mass is 16.5. The Hall–Kier alpha value is -2.84. The number of nitrogens with one attached hydrogen (secondary N) is 2. The molecular weight excluding hydrogens is 334 g/mol. The maximum absolute atomic E-state index is 12.5. The zero-order valence-electron chi connectivity index (χ0n) is 16.4. The Morgan fingerprint density at radius 2 is 2.04 bits per heavy atom. The number of carbonyl (C=O) groups excluding carboxylic acids is 1. The van der Waals surface area contributed by atoms with E-state index < -0.39 is 0 Å². The molecule has 0 saturated heterocycles. The maximum atomic E-state index is 12.5. The molecule has 142 valence electrons. The van der Waals surface area contributed by atoms with Gasteiger partial charge in [0.2, 0.25) is 5.88 Å². The quantitative estimate of drug-likeness (QED) is 0.812. The highest BCUT2D eigenvalue weighted by Gasteiger charge is 2.19. The van der Waals surface area contributed by atoms with Crippen LogP contribution >= 0.6 is 0 Å². The maximum Gasteiger partial charge on any atom is 0.319 e. The number of nitrogens with zero attached hydrogens (tertiary/aromatic N) is 5. The lowest BCUT2D eigenvalue weighted by atomic mass is 10.1. The van der Waals surface area contributed by atoms with Crippen molar-refractivity contribution in [2.75, 3.05) is 31.4 Å². The van der Waals surface area contributed by atoms with Crippen molar-refractivity contribution in [1.29, 1.82) is 0 Å². The van der Waals surface area contributed by atoms with Gasteiger partial charge in [0.05, 0.1) is 12.8 Å². The summed E-state index contributed by atoms with van der Waals surface area (Å²) in [5.41, 5.74) is 3.66. The summed E-state index contributed by atoms with van der Waals surface area (Å²) in [6.45, 7) is 5.96. The molecule has 0 spiro atoms.